The van der Waals surface area contributed by atoms with Crippen LogP contribution in [0, 0.1) is 10.1 Å². The number of nitrogens with one attached hydrogen (secondary N) is 1. The van der Waals surface area contributed by atoms with E-state index in [1.165, 1.54) is 36.8 Å². The van der Waals surface area contributed by atoms with Crippen LogP contribution < -0.4 is 15.1 Å². The standard InChI is InChI=1S/C25H32N4O4/c1-25(2,3)20-8-11-22(12-9-20)33-18-24(30)27-26-17-19-16-21(29(31)32)10-13-23(19)28-14-6-4-5-7-15-28/h8-13,16-17H,4-7,14-15,18H2,1-3H3,(H,27,30)/b26-17-. The minimum Gasteiger partial charge on any atom is -0.484 e. The molecule has 1 aliphatic heterocycles. The second kappa shape index (κ2) is 10.9. The SMILES string of the molecule is CC(C)(C)c1ccc(OCC(=O)N/N=C\c2cc([N+](=O)[O-])ccc2N2CCCCCC2)cc1. The first-order valence-electron chi connectivity index (χ1n) is 11.3. The van der Waals surface area contributed by atoms with Crippen LogP contribution >= 0.6 is 0 Å². The molecule has 8 heteroatoms. The number of rotatable bonds is 7. The van der Waals surface area contributed by atoms with Crippen molar-refractivity contribution in [1.82, 2.24) is 5.43 Å². The molecule has 2 aromatic carbocycles. The molecule has 1 N–H and O–H groups in total. The summed E-state index contributed by atoms with van der Waals surface area (Å²) in [4.78, 5) is 25.2. The Morgan fingerprint density at radius 3 is 2.39 bits per heavy atom. The Morgan fingerprint density at radius 2 is 1.79 bits per heavy atom. The van der Waals surface area contributed by atoms with Gasteiger partial charge in [0.05, 0.1) is 11.1 Å². The van der Waals surface area contributed by atoms with Gasteiger partial charge in [0.1, 0.15) is 5.75 Å². The average molecular weight is 453 g/mol. The Kier molecular flexibility index (Phi) is 8.03. The number of nitrogens with zero attached hydrogens (tertiary/aromatic N) is 3. The van der Waals surface area contributed by atoms with Crippen LogP contribution in [0.5, 0.6) is 5.75 Å². The third-order valence-electron chi connectivity index (χ3n) is 5.65. The lowest BCUT2D eigenvalue weighted by molar-refractivity contribution is -0.384. The molecule has 0 radical (unpaired) electrons. The number of hydrogen-bond acceptors (Lipinski definition) is 6. The van der Waals surface area contributed by atoms with Crippen molar-refractivity contribution in [3.63, 3.8) is 0 Å². The summed E-state index contributed by atoms with van der Waals surface area (Å²) in [5.41, 5.74) is 5.15. The summed E-state index contributed by atoms with van der Waals surface area (Å²) in [5, 5.41) is 15.3. The fourth-order valence-electron chi connectivity index (χ4n) is 3.76. The topological polar surface area (TPSA) is 97.1 Å². The maximum atomic E-state index is 12.2. The van der Waals surface area contributed by atoms with Gasteiger partial charge in [0.2, 0.25) is 0 Å². The lowest BCUT2D eigenvalue weighted by atomic mass is 9.87. The first kappa shape index (κ1) is 24.2. The predicted octanol–water partition coefficient (Wildman–Crippen LogP) is 4.80. The third-order valence-corrected chi connectivity index (χ3v) is 5.65. The molecule has 176 valence electrons. The first-order chi connectivity index (χ1) is 15.7. The van der Waals surface area contributed by atoms with E-state index in [4.69, 9.17) is 4.74 Å². The maximum Gasteiger partial charge on any atom is 0.277 e. The molecule has 3 rings (SSSR count). The number of anilines is 1. The van der Waals surface area contributed by atoms with Gasteiger partial charge < -0.3 is 9.64 Å². The van der Waals surface area contributed by atoms with Gasteiger partial charge in [0, 0.05) is 36.5 Å². The van der Waals surface area contributed by atoms with Crippen molar-refractivity contribution in [2.24, 2.45) is 5.10 Å². The number of benzene rings is 2. The Morgan fingerprint density at radius 1 is 1.12 bits per heavy atom. The molecular weight excluding hydrogens is 420 g/mol. The third kappa shape index (κ3) is 7.03. The molecule has 0 bridgehead atoms. The molecular formula is C25H32N4O4. The van der Waals surface area contributed by atoms with Crippen molar-refractivity contribution in [2.45, 2.75) is 51.9 Å². The molecule has 1 amide bonds. The zero-order valence-corrected chi connectivity index (χ0v) is 19.5. The molecule has 0 aliphatic carbocycles. The largest absolute Gasteiger partial charge is 0.484 e. The van der Waals surface area contributed by atoms with E-state index in [0.29, 0.717) is 11.3 Å². The van der Waals surface area contributed by atoms with E-state index in [0.717, 1.165) is 31.6 Å². The summed E-state index contributed by atoms with van der Waals surface area (Å²) in [5.74, 6) is 0.192. The summed E-state index contributed by atoms with van der Waals surface area (Å²) < 4.78 is 5.54. The predicted molar refractivity (Wildman–Crippen MR) is 130 cm³/mol. The van der Waals surface area contributed by atoms with Crippen molar-refractivity contribution in [1.29, 1.82) is 0 Å². The van der Waals surface area contributed by atoms with Gasteiger partial charge in [0.25, 0.3) is 11.6 Å². The lowest BCUT2D eigenvalue weighted by Crippen LogP contribution is -2.26. The summed E-state index contributed by atoms with van der Waals surface area (Å²) in [7, 11) is 0. The fourth-order valence-corrected chi connectivity index (χ4v) is 3.76. The van der Waals surface area contributed by atoms with Crippen LogP contribution in [0.4, 0.5) is 11.4 Å². The van der Waals surface area contributed by atoms with Gasteiger partial charge in [-0.2, -0.15) is 5.10 Å². The zero-order chi connectivity index (χ0) is 23.8. The van der Waals surface area contributed by atoms with Crippen molar-refractivity contribution in [3.05, 3.63) is 63.7 Å². The van der Waals surface area contributed by atoms with Crippen molar-refractivity contribution >= 4 is 23.5 Å². The Balaban J connectivity index is 1.62. The number of nitro benzene ring substituents is 1. The number of amides is 1. The van der Waals surface area contributed by atoms with E-state index >= 15 is 0 Å². The van der Waals surface area contributed by atoms with E-state index in [-0.39, 0.29) is 17.7 Å². The van der Waals surface area contributed by atoms with Crippen LogP contribution in [0.2, 0.25) is 0 Å². The number of carbonyl (C=O) groups excluding carboxylic acids is 1. The molecule has 1 fully saturated rings. The molecule has 8 nitrogen and oxygen atoms in total. The monoisotopic (exact) mass is 452 g/mol. The molecule has 0 spiro atoms. The molecule has 0 unspecified atom stereocenters. The second-order valence-electron chi connectivity index (χ2n) is 9.26. The maximum absolute atomic E-state index is 12.2. The van der Waals surface area contributed by atoms with Crippen molar-refractivity contribution in [3.8, 4) is 5.75 Å². The van der Waals surface area contributed by atoms with Crippen LogP contribution in [0.1, 0.15) is 57.6 Å². The fraction of sp³-hybridized carbons (Fsp3) is 0.440. The van der Waals surface area contributed by atoms with E-state index in [9.17, 15) is 14.9 Å². The van der Waals surface area contributed by atoms with Gasteiger partial charge in [0.15, 0.2) is 6.61 Å². The normalized spacial score (nSPS) is 14.7. The van der Waals surface area contributed by atoms with E-state index < -0.39 is 10.8 Å². The summed E-state index contributed by atoms with van der Waals surface area (Å²) in [6, 6.07) is 12.4. The number of ether oxygens (including phenoxy) is 1. The lowest BCUT2D eigenvalue weighted by Gasteiger charge is -2.24. The van der Waals surface area contributed by atoms with Gasteiger partial charge in [-0.3, -0.25) is 14.9 Å². The first-order valence-corrected chi connectivity index (χ1v) is 11.3. The minimum absolute atomic E-state index is 0.0108. The van der Waals surface area contributed by atoms with Gasteiger partial charge in [-0.15, -0.1) is 0 Å². The highest BCUT2D eigenvalue weighted by atomic mass is 16.6. The van der Waals surface area contributed by atoms with E-state index in [1.807, 2.05) is 24.3 Å². The van der Waals surface area contributed by atoms with Gasteiger partial charge in [-0.05, 0) is 42.0 Å². The molecule has 1 heterocycles. The molecule has 0 atom stereocenters. The Bertz CT molecular complexity index is 988. The van der Waals surface area contributed by atoms with Gasteiger partial charge >= 0.3 is 0 Å². The number of nitro groups is 1. The zero-order valence-electron chi connectivity index (χ0n) is 19.5. The average Bonchev–Trinajstić information content (AvgIpc) is 3.07. The number of non-ortho nitro benzene ring substituents is 1. The highest BCUT2D eigenvalue weighted by Gasteiger charge is 2.17. The van der Waals surface area contributed by atoms with Crippen molar-refractivity contribution in [2.75, 3.05) is 24.6 Å². The Hall–Kier alpha value is -3.42. The molecule has 2 aromatic rings. The van der Waals surface area contributed by atoms with Crippen LogP contribution in [-0.2, 0) is 10.2 Å². The molecule has 1 aliphatic rings. The summed E-state index contributed by atoms with van der Waals surface area (Å²) in [6.07, 6.45) is 5.99. The number of hydrazone groups is 1. The minimum atomic E-state index is -0.430. The van der Waals surface area contributed by atoms with E-state index in [1.54, 1.807) is 6.07 Å². The highest BCUT2D eigenvalue weighted by Crippen LogP contribution is 2.27. The Labute approximate surface area is 194 Å². The smallest absolute Gasteiger partial charge is 0.277 e. The van der Waals surface area contributed by atoms with Gasteiger partial charge in [-0.25, -0.2) is 5.43 Å². The summed E-state index contributed by atoms with van der Waals surface area (Å²) >= 11 is 0. The number of hydrogen-bond donors (Lipinski definition) is 1. The van der Waals surface area contributed by atoms with Crippen molar-refractivity contribution < 1.29 is 14.5 Å². The van der Waals surface area contributed by atoms with Gasteiger partial charge in [-0.1, -0.05) is 45.7 Å². The molecule has 33 heavy (non-hydrogen) atoms. The molecule has 0 aromatic heterocycles. The molecule has 1 saturated heterocycles. The molecule has 0 saturated carbocycles. The number of carbonyl (C=O) groups is 1. The van der Waals surface area contributed by atoms with Crippen LogP contribution in [0.25, 0.3) is 0 Å². The van der Waals surface area contributed by atoms with Crippen LogP contribution in [0.3, 0.4) is 0 Å². The second-order valence-corrected chi connectivity index (χ2v) is 9.26. The van der Waals surface area contributed by atoms with Crippen LogP contribution in [-0.4, -0.2) is 36.7 Å². The van der Waals surface area contributed by atoms with Crippen LogP contribution in [0.15, 0.2) is 47.6 Å². The quantitative estimate of drug-likeness (QED) is 0.370. The highest BCUT2D eigenvalue weighted by molar-refractivity contribution is 5.90. The van der Waals surface area contributed by atoms with E-state index in [2.05, 4.69) is 36.2 Å². The summed E-state index contributed by atoms with van der Waals surface area (Å²) in [6.45, 7) is 8.01.